The molecular formula is C19H22N4O2. The standard InChI is InChI=1S/C19H22N4O2/c1-20-18(24)15-6-3-5-14(11-15)17-13-23(10-9-22(17)2)19(25)16-7-4-8-21-12-16/h3-8,11-12,17H,9-10,13H2,1-2H3,(H,20,24)/t17-/m1/s1. The van der Waals surface area contributed by atoms with E-state index in [1.165, 1.54) is 0 Å². The minimum absolute atomic E-state index is 0.00587. The van der Waals surface area contributed by atoms with Crippen LogP contribution in [-0.2, 0) is 0 Å². The topological polar surface area (TPSA) is 65.5 Å². The molecule has 6 heteroatoms. The van der Waals surface area contributed by atoms with Crippen molar-refractivity contribution < 1.29 is 9.59 Å². The largest absolute Gasteiger partial charge is 0.355 e. The number of piperazine rings is 1. The number of amides is 2. The fourth-order valence-corrected chi connectivity index (χ4v) is 3.12. The Morgan fingerprint density at radius 1 is 1.16 bits per heavy atom. The molecule has 0 bridgehead atoms. The first-order chi connectivity index (χ1) is 12.1. The highest BCUT2D eigenvalue weighted by atomic mass is 16.2. The summed E-state index contributed by atoms with van der Waals surface area (Å²) in [5.74, 6) is -0.114. The number of pyridine rings is 1. The first-order valence-corrected chi connectivity index (χ1v) is 8.31. The maximum Gasteiger partial charge on any atom is 0.255 e. The Hall–Kier alpha value is -2.73. The van der Waals surface area contributed by atoms with Crippen LogP contribution >= 0.6 is 0 Å². The van der Waals surface area contributed by atoms with Crippen LogP contribution in [0.2, 0.25) is 0 Å². The molecule has 0 radical (unpaired) electrons. The van der Waals surface area contributed by atoms with Gasteiger partial charge in [0, 0.05) is 44.6 Å². The number of likely N-dealkylation sites (N-methyl/N-ethyl adjacent to an activating group) is 1. The fraction of sp³-hybridized carbons (Fsp3) is 0.316. The summed E-state index contributed by atoms with van der Waals surface area (Å²) in [7, 11) is 3.67. The first-order valence-electron chi connectivity index (χ1n) is 8.31. The average molecular weight is 338 g/mol. The molecule has 0 saturated carbocycles. The molecule has 1 aliphatic heterocycles. The van der Waals surface area contributed by atoms with Gasteiger partial charge in [-0.15, -0.1) is 0 Å². The van der Waals surface area contributed by atoms with E-state index in [4.69, 9.17) is 0 Å². The van der Waals surface area contributed by atoms with Crippen LogP contribution in [0.15, 0.2) is 48.8 Å². The van der Waals surface area contributed by atoms with E-state index in [1.54, 1.807) is 37.6 Å². The fourth-order valence-electron chi connectivity index (χ4n) is 3.12. The van der Waals surface area contributed by atoms with Gasteiger partial charge in [-0.25, -0.2) is 0 Å². The van der Waals surface area contributed by atoms with Crippen LogP contribution in [0.3, 0.4) is 0 Å². The second-order valence-electron chi connectivity index (χ2n) is 6.19. The summed E-state index contributed by atoms with van der Waals surface area (Å²) in [4.78, 5) is 32.7. The molecule has 6 nitrogen and oxygen atoms in total. The summed E-state index contributed by atoms with van der Waals surface area (Å²) in [5.41, 5.74) is 2.27. The smallest absolute Gasteiger partial charge is 0.255 e. The van der Waals surface area contributed by atoms with Crippen molar-refractivity contribution in [3.05, 3.63) is 65.5 Å². The van der Waals surface area contributed by atoms with E-state index in [2.05, 4.69) is 15.2 Å². The number of carbonyl (C=O) groups is 2. The van der Waals surface area contributed by atoms with Crippen LogP contribution in [0, 0.1) is 0 Å². The van der Waals surface area contributed by atoms with E-state index in [1.807, 2.05) is 30.1 Å². The van der Waals surface area contributed by atoms with Gasteiger partial charge in [0.25, 0.3) is 11.8 Å². The van der Waals surface area contributed by atoms with Crippen molar-refractivity contribution in [2.45, 2.75) is 6.04 Å². The summed E-state index contributed by atoms with van der Waals surface area (Å²) in [6, 6.07) is 11.2. The second kappa shape index (κ2) is 7.44. The number of benzene rings is 1. The average Bonchev–Trinajstić information content (AvgIpc) is 2.68. The van der Waals surface area contributed by atoms with Crippen LogP contribution < -0.4 is 5.32 Å². The third-order valence-electron chi connectivity index (χ3n) is 4.60. The number of nitrogens with one attached hydrogen (secondary N) is 1. The Kier molecular flexibility index (Phi) is 5.09. The highest BCUT2D eigenvalue weighted by Gasteiger charge is 2.29. The van der Waals surface area contributed by atoms with Gasteiger partial charge in [0.2, 0.25) is 0 Å². The molecule has 2 aromatic rings. The summed E-state index contributed by atoms with van der Waals surface area (Å²) in [6.45, 7) is 2.04. The van der Waals surface area contributed by atoms with E-state index in [0.717, 1.165) is 12.1 Å². The molecule has 1 atom stereocenters. The van der Waals surface area contributed by atoms with Crippen LogP contribution in [-0.4, -0.2) is 60.3 Å². The van der Waals surface area contributed by atoms with Crippen molar-refractivity contribution >= 4 is 11.8 Å². The number of hydrogen-bond donors (Lipinski definition) is 1. The molecule has 2 amide bonds. The summed E-state index contributed by atoms with van der Waals surface area (Å²) >= 11 is 0. The molecule has 0 unspecified atom stereocenters. The predicted octanol–water partition coefficient (Wildman–Crippen LogP) is 1.57. The zero-order chi connectivity index (χ0) is 17.8. The minimum atomic E-state index is -0.108. The Morgan fingerprint density at radius 3 is 2.68 bits per heavy atom. The second-order valence-corrected chi connectivity index (χ2v) is 6.19. The predicted molar refractivity (Wildman–Crippen MR) is 95.3 cm³/mol. The van der Waals surface area contributed by atoms with Gasteiger partial charge in [0.1, 0.15) is 0 Å². The van der Waals surface area contributed by atoms with Gasteiger partial charge in [0.15, 0.2) is 0 Å². The zero-order valence-electron chi connectivity index (χ0n) is 14.5. The Labute approximate surface area is 147 Å². The molecule has 1 fully saturated rings. The van der Waals surface area contributed by atoms with Gasteiger partial charge < -0.3 is 10.2 Å². The van der Waals surface area contributed by atoms with Gasteiger partial charge in [-0.3, -0.25) is 19.5 Å². The SMILES string of the molecule is CNC(=O)c1cccc([C@H]2CN(C(=O)c3cccnc3)CCN2C)c1. The molecular weight excluding hydrogens is 316 g/mol. The lowest BCUT2D eigenvalue weighted by Gasteiger charge is -2.39. The number of hydrogen-bond acceptors (Lipinski definition) is 4. The summed E-state index contributed by atoms with van der Waals surface area (Å²) in [5, 5.41) is 2.65. The molecule has 1 saturated heterocycles. The molecule has 0 spiro atoms. The normalized spacial score (nSPS) is 18.0. The number of rotatable bonds is 3. The number of nitrogens with zero attached hydrogens (tertiary/aromatic N) is 3. The van der Waals surface area contributed by atoms with Crippen LogP contribution in [0.4, 0.5) is 0 Å². The number of carbonyl (C=O) groups excluding carboxylic acids is 2. The van der Waals surface area contributed by atoms with Crippen molar-refractivity contribution in [1.82, 2.24) is 20.1 Å². The van der Waals surface area contributed by atoms with E-state index >= 15 is 0 Å². The van der Waals surface area contributed by atoms with Crippen LogP contribution in [0.25, 0.3) is 0 Å². The van der Waals surface area contributed by atoms with E-state index in [-0.39, 0.29) is 17.9 Å². The molecule has 1 N–H and O–H groups in total. The van der Waals surface area contributed by atoms with Crippen LogP contribution in [0.5, 0.6) is 0 Å². The van der Waals surface area contributed by atoms with Gasteiger partial charge in [-0.2, -0.15) is 0 Å². The molecule has 1 aromatic heterocycles. The van der Waals surface area contributed by atoms with Gasteiger partial charge in [-0.1, -0.05) is 12.1 Å². The van der Waals surface area contributed by atoms with Crippen molar-refractivity contribution in [1.29, 1.82) is 0 Å². The lowest BCUT2D eigenvalue weighted by Crippen LogP contribution is -2.49. The highest BCUT2D eigenvalue weighted by Crippen LogP contribution is 2.25. The van der Waals surface area contributed by atoms with Crippen molar-refractivity contribution in [3.8, 4) is 0 Å². The minimum Gasteiger partial charge on any atom is -0.355 e. The Balaban J connectivity index is 1.82. The summed E-state index contributed by atoms with van der Waals surface area (Å²) in [6.07, 6.45) is 3.26. The van der Waals surface area contributed by atoms with Gasteiger partial charge in [-0.05, 0) is 36.9 Å². The van der Waals surface area contributed by atoms with E-state index in [9.17, 15) is 9.59 Å². The zero-order valence-corrected chi connectivity index (χ0v) is 14.5. The third-order valence-corrected chi connectivity index (χ3v) is 4.60. The first kappa shape index (κ1) is 17.1. The van der Waals surface area contributed by atoms with Gasteiger partial charge in [0.05, 0.1) is 11.6 Å². The summed E-state index contributed by atoms with van der Waals surface area (Å²) < 4.78 is 0. The van der Waals surface area contributed by atoms with Crippen molar-refractivity contribution in [3.63, 3.8) is 0 Å². The van der Waals surface area contributed by atoms with Crippen molar-refractivity contribution in [2.75, 3.05) is 33.7 Å². The lowest BCUT2D eigenvalue weighted by molar-refractivity contribution is 0.0545. The van der Waals surface area contributed by atoms with Crippen LogP contribution in [0.1, 0.15) is 32.3 Å². The van der Waals surface area contributed by atoms with Gasteiger partial charge >= 0.3 is 0 Å². The number of aromatic nitrogens is 1. The molecule has 2 heterocycles. The van der Waals surface area contributed by atoms with E-state index in [0.29, 0.717) is 24.2 Å². The molecule has 1 aromatic carbocycles. The molecule has 25 heavy (non-hydrogen) atoms. The van der Waals surface area contributed by atoms with Crippen molar-refractivity contribution in [2.24, 2.45) is 0 Å². The Morgan fingerprint density at radius 2 is 1.96 bits per heavy atom. The molecule has 0 aliphatic carbocycles. The molecule has 3 rings (SSSR count). The van der Waals surface area contributed by atoms with E-state index < -0.39 is 0 Å². The maximum atomic E-state index is 12.7. The lowest BCUT2D eigenvalue weighted by atomic mass is 10.00. The highest BCUT2D eigenvalue weighted by molar-refractivity contribution is 5.94. The molecule has 1 aliphatic rings. The quantitative estimate of drug-likeness (QED) is 0.923. The third kappa shape index (κ3) is 3.69. The maximum absolute atomic E-state index is 12.7. The molecule has 130 valence electrons. The Bertz CT molecular complexity index is 763. The monoisotopic (exact) mass is 338 g/mol.